The Labute approximate surface area is 142 Å². The zero-order valence-corrected chi connectivity index (χ0v) is 13.8. The molecule has 0 radical (unpaired) electrons. The molecule has 1 aliphatic rings. The minimum Gasteiger partial charge on any atom is -0.482 e. The van der Waals surface area contributed by atoms with Gasteiger partial charge in [0.25, 0.3) is 5.91 Å². The number of unbranched alkanes of at least 4 members (excludes halogenated alkanes) is 1. The largest absolute Gasteiger partial charge is 0.482 e. The molecule has 0 N–H and O–H groups in total. The number of alkyl halides is 3. The molecular weight excluding hydrogens is 343 g/mol. The topological polar surface area (TPSA) is 65.1 Å². The summed E-state index contributed by atoms with van der Waals surface area (Å²) < 4.78 is 54.2. The molecule has 9 heteroatoms. The lowest BCUT2D eigenvalue weighted by atomic mass is 10.0. The normalized spacial score (nSPS) is 14.1. The Balaban J connectivity index is 2.42. The van der Waals surface area contributed by atoms with Gasteiger partial charge in [0, 0.05) is 20.3 Å². The van der Waals surface area contributed by atoms with E-state index < -0.39 is 23.3 Å². The molecule has 1 amide bonds. The number of amides is 1. The summed E-state index contributed by atoms with van der Waals surface area (Å²) in [5, 5.41) is 0. The van der Waals surface area contributed by atoms with E-state index in [0.717, 1.165) is 19.2 Å². The van der Waals surface area contributed by atoms with E-state index in [1.165, 1.54) is 4.90 Å². The predicted octanol–water partition coefficient (Wildman–Crippen LogP) is 2.64. The van der Waals surface area contributed by atoms with Gasteiger partial charge in [0.15, 0.2) is 6.61 Å². The summed E-state index contributed by atoms with van der Waals surface area (Å²) in [6, 6.07) is 1.73. The van der Waals surface area contributed by atoms with E-state index >= 15 is 0 Å². The number of ether oxygens (including phenoxy) is 3. The number of carbonyl (C=O) groups is 2. The second kappa shape index (κ2) is 7.73. The molecule has 0 saturated heterocycles. The van der Waals surface area contributed by atoms with Gasteiger partial charge in [0.05, 0.1) is 23.9 Å². The van der Waals surface area contributed by atoms with Crippen molar-refractivity contribution in [1.29, 1.82) is 0 Å². The van der Waals surface area contributed by atoms with Gasteiger partial charge < -0.3 is 19.1 Å². The molecule has 0 unspecified atom stereocenters. The van der Waals surface area contributed by atoms with Crippen molar-refractivity contribution in [2.75, 3.05) is 38.9 Å². The number of esters is 1. The maximum atomic E-state index is 13.2. The Hall–Kier alpha value is -2.29. The fourth-order valence-corrected chi connectivity index (χ4v) is 2.52. The maximum absolute atomic E-state index is 13.2. The van der Waals surface area contributed by atoms with E-state index in [-0.39, 0.29) is 30.5 Å². The zero-order valence-electron chi connectivity index (χ0n) is 13.8. The molecule has 1 heterocycles. The number of fused-ring (bicyclic) bond motifs is 1. The second-order valence-electron chi connectivity index (χ2n) is 5.39. The first-order valence-corrected chi connectivity index (χ1v) is 7.55. The van der Waals surface area contributed by atoms with Crippen LogP contribution in [0.4, 0.5) is 18.9 Å². The smallest absolute Gasteiger partial charge is 0.417 e. The van der Waals surface area contributed by atoms with Crippen LogP contribution in [0.5, 0.6) is 5.75 Å². The van der Waals surface area contributed by atoms with E-state index in [1.807, 2.05) is 0 Å². The monoisotopic (exact) mass is 361 g/mol. The van der Waals surface area contributed by atoms with Gasteiger partial charge in [-0.1, -0.05) is 0 Å². The van der Waals surface area contributed by atoms with E-state index in [1.54, 1.807) is 7.11 Å². The van der Waals surface area contributed by atoms with Crippen molar-refractivity contribution in [3.63, 3.8) is 0 Å². The lowest BCUT2D eigenvalue weighted by Gasteiger charge is -2.30. The highest BCUT2D eigenvalue weighted by atomic mass is 19.4. The molecule has 6 nitrogen and oxygen atoms in total. The molecule has 1 aromatic carbocycles. The minimum absolute atomic E-state index is 0.0914. The Morgan fingerprint density at radius 3 is 2.60 bits per heavy atom. The molecule has 25 heavy (non-hydrogen) atoms. The van der Waals surface area contributed by atoms with Gasteiger partial charge in [-0.3, -0.25) is 4.79 Å². The van der Waals surface area contributed by atoms with Crippen LogP contribution in [-0.4, -0.2) is 45.9 Å². The molecule has 0 bridgehead atoms. The standard InChI is InChI=1S/C16H18F3NO5/c1-23-6-4-3-5-20-12-7-10(15(22)24-2)11(16(17,18)19)8-13(12)25-9-14(20)21/h7-8H,3-6,9H2,1-2H3. The van der Waals surface area contributed by atoms with Crippen LogP contribution in [0.1, 0.15) is 28.8 Å². The van der Waals surface area contributed by atoms with Crippen molar-refractivity contribution in [1.82, 2.24) is 0 Å². The number of anilines is 1. The van der Waals surface area contributed by atoms with Crippen molar-refractivity contribution in [2.45, 2.75) is 19.0 Å². The summed E-state index contributed by atoms with van der Waals surface area (Å²) in [7, 11) is 2.54. The summed E-state index contributed by atoms with van der Waals surface area (Å²) in [5.74, 6) is -1.61. The van der Waals surface area contributed by atoms with Crippen LogP contribution in [0, 0.1) is 0 Å². The molecule has 2 rings (SSSR count). The highest BCUT2D eigenvalue weighted by Gasteiger charge is 2.39. The van der Waals surface area contributed by atoms with Crippen molar-refractivity contribution < 1.29 is 37.0 Å². The number of hydrogen-bond acceptors (Lipinski definition) is 5. The fourth-order valence-electron chi connectivity index (χ4n) is 2.52. The van der Waals surface area contributed by atoms with Crippen LogP contribution in [0.15, 0.2) is 12.1 Å². The lowest BCUT2D eigenvalue weighted by molar-refractivity contribution is -0.138. The van der Waals surface area contributed by atoms with Crippen molar-refractivity contribution >= 4 is 17.6 Å². The number of carbonyl (C=O) groups excluding carboxylic acids is 2. The molecule has 0 fully saturated rings. The summed E-state index contributed by atoms with van der Waals surface area (Å²) in [6.45, 7) is 0.433. The molecular formula is C16H18F3NO5. The molecule has 1 aliphatic heterocycles. The van der Waals surface area contributed by atoms with Gasteiger partial charge in [0.1, 0.15) is 5.75 Å². The van der Waals surface area contributed by atoms with E-state index in [4.69, 9.17) is 9.47 Å². The lowest BCUT2D eigenvalue weighted by Crippen LogP contribution is -2.40. The molecule has 0 spiro atoms. The first kappa shape index (κ1) is 19.0. The SMILES string of the molecule is COCCCCN1C(=O)COc2cc(C(F)(F)F)c(C(=O)OC)cc21. The van der Waals surface area contributed by atoms with Crippen LogP contribution < -0.4 is 9.64 Å². The van der Waals surface area contributed by atoms with Crippen molar-refractivity contribution in [3.8, 4) is 5.75 Å². The van der Waals surface area contributed by atoms with Gasteiger partial charge in [-0.15, -0.1) is 0 Å². The number of hydrogen-bond donors (Lipinski definition) is 0. The van der Waals surface area contributed by atoms with Crippen molar-refractivity contribution in [3.05, 3.63) is 23.3 Å². The van der Waals surface area contributed by atoms with Gasteiger partial charge in [0.2, 0.25) is 0 Å². The molecule has 138 valence electrons. The molecule has 1 aromatic rings. The molecule has 0 aromatic heterocycles. The second-order valence-corrected chi connectivity index (χ2v) is 5.39. The third-order valence-corrected chi connectivity index (χ3v) is 3.73. The van der Waals surface area contributed by atoms with Gasteiger partial charge in [-0.2, -0.15) is 13.2 Å². The van der Waals surface area contributed by atoms with Crippen LogP contribution in [0.25, 0.3) is 0 Å². The van der Waals surface area contributed by atoms with E-state index in [9.17, 15) is 22.8 Å². The summed E-state index contributed by atoms with van der Waals surface area (Å²) in [4.78, 5) is 25.2. The molecule has 0 aliphatic carbocycles. The summed E-state index contributed by atoms with van der Waals surface area (Å²) in [5.41, 5.74) is -1.69. The average Bonchev–Trinajstić information content (AvgIpc) is 2.57. The maximum Gasteiger partial charge on any atom is 0.417 e. The van der Waals surface area contributed by atoms with Crippen LogP contribution >= 0.6 is 0 Å². The Morgan fingerprint density at radius 1 is 1.28 bits per heavy atom. The predicted molar refractivity (Wildman–Crippen MR) is 81.7 cm³/mol. The number of benzene rings is 1. The summed E-state index contributed by atoms with van der Waals surface area (Å²) >= 11 is 0. The number of halogens is 3. The van der Waals surface area contributed by atoms with E-state index in [0.29, 0.717) is 19.4 Å². The number of rotatable bonds is 6. The highest BCUT2D eigenvalue weighted by molar-refractivity contribution is 6.00. The quantitative estimate of drug-likeness (QED) is 0.576. The van der Waals surface area contributed by atoms with Gasteiger partial charge >= 0.3 is 12.1 Å². The number of nitrogens with zero attached hydrogens (tertiary/aromatic N) is 1. The fraction of sp³-hybridized carbons (Fsp3) is 0.500. The van der Waals surface area contributed by atoms with Crippen LogP contribution in [-0.2, 0) is 20.4 Å². The van der Waals surface area contributed by atoms with Crippen LogP contribution in [0.2, 0.25) is 0 Å². The zero-order chi connectivity index (χ0) is 18.6. The molecule has 0 saturated carbocycles. The Morgan fingerprint density at radius 2 is 2.00 bits per heavy atom. The van der Waals surface area contributed by atoms with Crippen molar-refractivity contribution in [2.24, 2.45) is 0 Å². The molecule has 0 atom stereocenters. The van der Waals surface area contributed by atoms with E-state index in [2.05, 4.69) is 4.74 Å². The minimum atomic E-state index is -4.76. The van der Waals surface area contributed by atoms with Crippen LogP contribution in [0.3, 0.4) is 0 Å². The Kier molecular flexibility index (Phi) is 5.89. The third kappa shape index (κ3) is 4.22. The number of methoxy groups -OCH3 is 2. The van der Waals surface area contributed by atoms with Gasteiger partial charge in [-0.05, 0) is 25.0 Å². The highest BCUT2D eigenvalue weighted by Crippen LogP contribution is 2.41. The van der Waals surface area contributed by atoms with Gasteiger partial charge in [-0.25, -0.2) is 4.79 Å². The Bertz CT molecular complexity index is 660. The third-order valence-electron chi connectivity index (χ3n) is 3.73. The first-order chi connectivity index (χ1) is 11.8. The first-order valence-electron chi connectivity index (χ1n) is 7.55. The summed E-state index contributed by atoms with van der Waals surface area (Å²) in [6.07, 6.45) is -3.48. The average molecular weight is 361 g/mol.